The number of hydrogen-bond acceptors (Lipinski definition) is 3. The smallest absolute Gasteiger partial charge is 0.222 e. The maximum Gasteiger partial charge on any atom is 0.222 e. The summed E-state index contributed by atoms with van der Waals surface area (Å²) in [7, 11) is 1.57. The molecule has 0 bridgehead atoms. The molecule has 4 nitrogen and oxygen atoms in total. The lowest BCUT2D eigenvalue weighted by Crippen LogP contribution is -2.33. The molecule has 100 valence electrons. The Morgan fingerprint density at radius 2 is 2.28 bits per heavy atom. The molecule has 18 heavy (non-hydrogen) atoms. The zero-order chi connectivity index (χ0) is 13.4. The topological polar surface area (TPSA) is 64.3 Å². The van der Waals surface area contributed by atoms with Gasteiger partial charge in [-0.3, -0.25) is 4.79 Å². The van der Waals surface area contributed by atoms with Gasteiger partial charge in [-0.15, -0.1) is 0 Å². The Kier molecular flexibility index (Phi) is 6.39. The third kappa shape index (κ3) is 5.29. The number of rotatable bonds is 7. The molecule has 1 aromatic carbocycles. The number of nitrogens with one attached hydrogen (secondary N) is 1. The highest BCUT2D eigenvalue weighted by molar-refractivity contribution is 5.76. The Labute approximate surface area is 109 Å². The second kappa shape index (κ2) is 7.84. The second-order valence-corrected chi connectivity index (χ2v) is 4.39. The molecule has 1 atom stereocenters. The lowest BCUT2D eigenvalue weighted by molar-refractivity contribution is -0.123. The molecule has 0 saturated heterocycles. The fourth-order valence-corrected chi connectivity index (χ4v) is 1.76. The van der Waals surface area contributed by atoms with Gasteiger partial charge in [0, 0.05) is 20.2 Å². The molecule has 0 saturated carbocycles. The third-order valence-corrected chi connectivity index (χ3v) is 2.83. The van der Waals surface area contributed by atoms with Crippen LogP contribution in [0.25, 0.3) is 0 Å². The van der Waals surface area contributed by atoms with E-state index in [0.717, 1.165) is 6.42 Å². The summed E-state index contributed by atoms with van der Waals surface area (Å²) < 4.78 is 5.06. The Morgan fingerprint density at radius 1 is 1.50 bits per heavy atom. The number of amides is 1. The largest absolute Gasteiger partial charge is 0.380 e. The highest BCUT2D eigenvalue weighted by Crippen LogP contribution is 2.04. The standard InChI is InChI=1S/C14H22N2O2/c1-11-4-3-5-12(8-11)6-7-16-14(17)9-13(10-15)18-2/h3-5,8,13H,6-7,9-10,15H2,1-2H3,(H,16,17). The van der Waals surface area contributed by atoms with Gasteiger partial charge in [0.2, 0.25) is 5.91 Å². The molecule has 4 heteroatoms. The van der Waals surface area contributed by atoms with E-state index >= 15 is 0 Å². The van der Waals surface area contributed by atoms with Crippen molar-refractivity contribution in [2.45, 2.75) is 25.9 Å². The van der Waals surface area contributed by atoms with Crippen molar-refractivity contribution in [2.75, 3.05) is 20.2 Å². The molecule has 0 fully saturated rings. The van der Waals surface area contributed by atoms with Crippen LogP contribution >= 0.6 is 0 Å². The van der Waals surface area contributed by atoms with Crippen molar-refractivity contribution in [1.82, 2.24) is 5.32 Å². The minimum Gasteiger partial charge on any atom is -0.380 e. The summed E-state index contributed by atoms with van der Waals surface area (Å²) in [6.45, 7) is 3.07. The van der Waals surface area contributed by atoms with Crippen molar-refractivity contribution in [1.29, 1.82) is 0 Å². The first-order valence-electron chi connectivity index (χ1n) is 6.20. The highest BCUT2D eigenvalue weighted by atomic mass is 16.5. The number of benzene rings is 1. The van der Waals surface area contributed by atoms with Crippen molar-refractivity contribution < 1.29 is 9.53 Å². The number of ether oxygens (including phenoxy) is 1. The van der Waals surface area contributed by atoms with E-state index in [-0.39, 0.29) is 12.0 Å². The average Bonchev–Trinajstić information content (AvgIpc) is 2.36. The first kappa shape index (κ1) is 14.7. The van der Waals surface area contributed by atoms with Gasteiger partial charge in [0.05, 0.1) is 12.5 Å². The number of carbonyl (C=O) groups excluding carboxylic acids is 1. The minimum atomic E-state index is -0.191. The summed E-state index contributed by atoms with van der Waals surface area (Å²) in [5, 5.41) is 2.88. The molecule has 1 unspecified atom stereocenters. The number of carbonyl (C=O) groups is 1. The molecule has 0 aliphatic carbocycles. The Morgan fingerprint density at radius 3 is 2.89 bits per heavy atom. The molecule has 0 radical (unpaired) electrons. The summed E-state index contributed by atoms with van der Waals surface area (Å²) in [5.74, 6) is -0.0139. The van der Waals surface area contributed by atoms with Gasteiger partial charge in [0.25, 0.3) is 0 Å². The van der Waals surface area contributed by atoms with Crippen molar-refractivity contribution in [2.24, 2.45) is 5.73 Å². The molecular weight excluding hydrogens is 228 g/mol. The molecule has 1 rings (SSSR count). The van der Waals surface area contributed by atoms with Crippen LogP contribution in [0.15, 0.2) is 24.3 Å². The lowest BCUT2D eigenvalue weighted by atomic mass is 10.1. The van der Waals surface area contributed by atoms with Gasteiger partial charge >= 0.3 is 0 Å². The maximum atomic E-state index is 11.6. The molecule has 0 heterocycles. The van der Waals surface area contributed by atoms with Crippen LogP contribution in [0.4, 0.5) is 0 Å². The summed E-state index contributed by atoms with van der Waals surface area (Å²) in [6.07, 6.45) is 0.970. The Bertz CT molecular complexity index is 376. The van der Waals surface area contributed by atoms with Crippen molar-refractivity contribution in [3.05, 3.63) is 35.4 Å². The van der Waals surface area contributed by atoms with Gasteiger partial charge in [0.15, 0.2) is 0 Å². The van der Waals surface area contributed by atoms with E-state index in [9.17, 15) is 4.79 Å². The second-order valence-electron chi connectivity index (χ2n) is 4.39. The molecular formula is C14H22N2O2. The molecule has 1 aromatic rings. The zero-order valence-corrected chi connectivity index (χ0v) is 11.1. The van der Waals surface area contributed by atoms with E-state index in [1.807, 2.05) is 6.07 Å². The molecule has 3 N–H and O–H groups in total. The number of nitrogens with two attached hydrogens (primary N) is 1. The van der Waals surface area contributed by atoms with E-state index in [1.165, 1.54) is 11.1 Å². The van der Waals surface area contributed by atoms with Gasteiger partial charge < -0.3 is 15.8 Å². The van der Waals surface area contributed by atoms with Gasteiger partial charge in [-0.1, -0.05) is 29.8 Å². The summed E-state index contributed by atoms with van der Waals surface area (Å²) in [6, 6.07) is 8.29. The molecule has 1 amide bonds. The number of aryl methyl sites for hydroxylation is 1. The van der Waals surface area contributed by atoms with Crippen molar-refractivity contribution in [3.63, 3.8) is 0 Å². The molecule has 0 aliphatic heterocycles. The predicted molar refractivity (Wildman–Crippen MR) is 72.4 cm³/mol. The van der Waals surface area contributed by atoms with Gasteiger partial charge in [0.1, 0.15) is 0 Å². The fourth-order valence-electron chi connectivity index (χ4n) is 1.76. The molecule has 0 spiro atoms. The third-order valence-electron chi connectivity index (χ3n) is 2.83. The van der Waals surface area contributed by atoms with Crippen molar-refractivity contribution in [3.8, 4) is 0 Å². The Hall–Kier alpha value is -1.39. The number of methoxy groups -OCH3 is 1. The average molecular weight is 250 g/mol. The van der Waals surface area contributed by atoms with E-state index in [2.05, 4.69) is 30.4 Å². The predicted octanol–water partition coefficient (Wildman–Crippen LogP) is 1.02. The fraction of sp³-hybridized carbons (Fsp3) is 0.500. The molecule has 0 aliphatic rings. The zero-order valence-electron chi connectivity index (χ0n) is 11.1. The Balaban J connectivity index is 2.27. The van der Waals surface area contributed by atoms with E-state index in [1.54, 1.807) is 7.11 Å². The minimum absolute atomic E-state index is 0.0139. The normalized spacial score (nSPS) is 12.2. The summed E-state index contributed by atoms with van der Waals surface area (Å²) in [4.78, 5) is 11.6. The van der Waals surface area contributed by atoms with Crippen LogP contribution in [-0.4, -0.2) is 32.2 Å². The number of hydrogen-bond donors (Lipinski definition) is 2. The van der Waals surface area contributed by atoms with Crippen LogP contribution in [-0.2, 0) is 16.0 Å². The maximum absolute atomic E-state index is 11.6. The van der Waals surface area contributed by atoms with Crippen LogP contribution < -0.4 is 11.1 Å². The lowest BCUT2D eigenvalue weighted by Gasteiger charge is -2.12. The van der Waals surface area contributed by atoms with Gasteiger partial charge in [-0.25, -0.2) is 0 Å². The van der Waals surface area contributed by atoms with E-state index < -0.39 is 0 Å². The highest BCUT2D eigenvalue weighted by Gasteiger charge is 2.10. The first-order valence-corrected chi connectivity index (χ1v) is 6.20. The van der Waals surface area contributed by atoms with Crippen LogP contribution in [0.2, 0.25) is 0 Å². The van der Waals surface area contributed by atoms with Crippen LogP contribution in [0, 0.1) is 6.92 Å². The summed E-state index contributed by atoms with van der Waals surface area (Å²) >= 11 is 0. The molecule has 0 aromatic heterocycles. The van der Waals surface area contributed by atoms with Crippen molar-refractivity contribution >= 4 is 5.91 Å². The van der Waals surface area contributed by atoms with Crippen LogP contribution in [0.1, 0.15) is 17.5 Å². The first-order chi connectivity index (χ1) is 8.65. The van der Waals surface area contributed by atoms with Gasteiger partial charge in [-0.2, -0.15) is 0 Å². The van der Waals surface area contributed by atoms with Crippen LogP contribution in [0.3, 0.4) is 0 Å². The SMILES string of the molecule is COC(CN)CC(=O)NCCc1cccc(C)c1. The quantitative estimate of drug-likeness (QED) is 0.759. The van der Waals surface area contributed by atoms with Gasteiger partial charge in [-0.05, 0) is 18.9 Å². The monoisotopic (exact) mass is 250 g/mol. The summed E-state index contributed by atoms with van der Waals surface area (Å²) in [5.41, 5.74) is 7.93. The van der Waals surface area contributed by atoms with Crippen LogP contribution in [0.5, 0.6) is 0 Å². The van der Waals surface area contributed by atoms with E-state index in [0.29, 0.717) is 19.5 Å². The van der Waals surface area contributed by atoms with E-state index in [4.69, 9.17) is 10.5 Å².